The summed E-state index contributed by atoms with van der Waals surface area (Å²) in [6, 6.07) is 18.6. The third kappa shape index (κ3) is 4.95. The van der Waals surface area contributed by atoms with E-state index in [1.807, 2.05) is 36.4 Å². The molecule has 1 atom stereocenters. The molecule has 0 amide bonds. The number of aliphatic imine (C=N–C) groups is 1. The monoisotopic (exact) mass is 506 g/mol. The van der Waals surface area contributed by atoms with Crippen LogP contribution in [0.3, 0.4) is 0 Å². The minimum Gasteiger partial charge on any atom is -0.495 e. The fourth-order valence-electron chi connectivity index (χ4n) is 3.67. The topological polar surface area (TPSA) is 62.0 Å². The van der Waals surface area contributed by atoms with Gasteiger partial charge in [-0.2, -0.15) is 0 Å². The van der Waals surface area contributed by atoms with E-state index in [-0.39, 0.29) is 24.0 Å². The highest BCUT2D eigenvalue weighted by Crippen LogP contribution is 2.30. The Kier molecular flexibility index (Phi) is 7.24. The van der Waals surface area contributed by atoms with Gasteiger partial charge >= 0.3 is 0 Å². The molecular weight excluding hydrogens is 479 g/mol. The Balaban J connectivity index is 0.00000240. The Bertz CT molecular complexity index is 939. The lowest BCUT2D eigenvalue weighted by atomic mass is 10.2. The number of anilines is 1. The standard InChI is InChI=1S/C22H26N4O2.HI/c1-23-22(24-14-18-13-16-7-3-5-9-20(16)28-18)25-17-11-12-26(15-17)19-8-4-6-10-21(19)27-2;/h3-10,13,17H,11-12,14-15H2,1-2H3,(H2,23,24,25);1H. The number of furan rings is 1. The maximum atomic E-state index is 5.87. The smallest absolute Gasteiger partial charge is 0.191 e. The average molecular weight is 506 g/mol. The summed E-state index contributed by atoms with van der Waals surface area (Å²) in [4.78, 5) is 6.71. The Morgan fingerprint density at radius 2 is 2.00 bits per heavy atom. The molecule has 2 heterocycles. The summed E-state index contributed by atoms with van der Waals surface area (Å²) < 4.78 is 11.4. The third-order valence-corrected chi connectivity index (χ3v) is 5.09. The molecule has 3 aromatic rings. The second-order valence-corrected chi connectivity index (χ2v) is 6.92. The molecule has 1 aromatic heterocycles. The van der Waals surface area contributed by atoms with Gasteiger partial charge in [-0.1, -0.05) is 30.3 Å². The minimum absolute atomic E-state index is 0. The Morgan fingerprint density at radius 3 is 2.79 bits per heavy atom. The van der Waals surface area contributed by atoms with Crippen LogP contribution in [0.2, 0.25) is 0 Å². The largest absolute Gasteiger partial charge is 0.495 e. The van der Waals surface area contributed by atoms with E-state index in [9.17, 15) is 0 Å². The highest BCUT2D eigenvalue weighted by Gasteiger charge is 2.25. The van der Waals surface area contributed by atoms with Crippen LogP contribution in [0.1, 0.15) is 12.2 Å². The number of halogens is 1. The number of nitrogens with one attached hydrogen (secondary N) is 2. The summed E-state index contributed by atoms with van der Waals surface area (Å²) in [6.07, 6.45) is 1.05. The molecule has 0 radical (unpaired) electrons. The summed E-state index contributed by atoms with van der Waals surface area (Å²) in [5.74, 6) is 2.59. The van der Waals surface area contributed by atoms with Gasteiger partial charge in [-0.25, -0.2) is 0 Å². The molecule has 29 heavy (non-hydrogen) atoms. The molecule has 4 rings (SSSR count). The molecule has 0 saturated carbocycles. The molecule has 0 spiro atoms. The quantitative estimate of drug-likeness (QED) is 0.311. The summed E-state index contributed by atoms with van der Waals surface area (Å²) in [5.41, 5.74) is 2.05. The first-order valence-corrected chi connectivity index (χ1v) is 9.59. The Labute approximate surface area is 188 Å². The van der Waals surface area contributed by atoms with E-state index in [0.717, 1.165) is 53.6 Å². The van der Waals surface area contributed by atoms with Crippen molar-refractivity contribution in [2.45, 2.75) is 19.0 Å². The van der Waals surface area contributed by atoms with Gasteiger partial charge in [0.2, 0.25) is 0 Å². The van der Waals surface area contributed by atoms with E-state index < -0.39 is 0 Å². The fourth-order valence-corrected chi connectivity index (χ4v) is 3.67. The highest BCUT2D eigenvalue weighted by molar-refractivity contribution is 14.0. The number of nitrogens with zero attached hydrogens (tertiary/aromatic N) is 2. The third-order valence-electron chi connectivity index (χ3n) is 5.09. The van der Waals surface area contributed by atoms with Crippen molar-refractivity contribution in [2.24, 2.45) is 4.99 Å². The van der Waals surface area contributed by atoms with Crippen molar-refractivity contribution < 1.29 is 9.15 Å². The van der Waals surface area contributed by atoms with Crippen LogP contribution in [-0.2, 0) is 6.54 Å². The van der Waals surface area contributed by atoms with E-state index in [4.69, 9.17) is 9.15 Å². The van der Waals surface area contributed by atoms with E-state index in [0.29, 0.717) is 12.6 Å². The van der Waals surface area contributed by atoms with Gasteiger partial charge in [0.25, 0.3) is 0 Å². The highest BCUT2D eigenvalue weighted by atomic mass is 127. The molecule has 2 N–H and O–H groups in total. The molecule has 1 saturated heterocycles. The van der Waals surface area contributed by atoms with Crippen molar-refractivity contribution in [3.63, 3.8) is 0 Å². The summed E-state index contributed by atoms with van der Waals surface area (Å²) in [6.45, 7) is 2.49. The number of hydrogen-bond acceptors (Lipinski definition) is 4. The Hall–Kier alpha value is -2.42. The lowest BCUT2D eigenvalue weighted by molar-refractivity contribution is 0.415. The number of fused-ring (bicyclic) bond motifs is 1. The lowest BCUT2D eigenvalue weighted by Crippen LogP contribution is -2.44. The van der Waals surface area contributed by atoms with E-state index in [1.54, 1.807) is 14.2 Å². The second kappa shape index (κ2) is 9.87. The molecule has 2 aromatic carbocycles. The molecule has 154 valence electrons. The van der Waals surface area contributed by atoms with Gasteiger partial charge in [-0.15, -0.1) is 24.0 Å². The molecule has 0 aliphatic carbocycles. The van der Waals surface area contributed by atoms with Gasteiger partial charge in [-0.3, -0.25) is 4.99 Å². The zero-order valence-corrected chi connectivity index (χ0v) is 19.1. The number of para-hydroxylation sites is 3. The summed E-state index contributed by atoms with van der Waals surface area (Å²) in [5, 5.41) is 7.99. The van der Waals surface area contributed by atoms with Gasteiger partial charge in [0, 0.05) is 31.6 Å². The first-order valence-electron chi connectivity index (χ1n) is 9.59. The van der Waals surface area contributed by atoms with Crippen LogP contribution in [0.4, 0.5) is 5.69 Å². The zero-order valence-electron chi connectivity index (χ0n) is 16.7. The number of methoxy groups -OCH3 is 1. The van der Waals surface area contributed by atoms with E-state index >= 15 is 0 Å². The van der Waals surface area contributed by atoms with Gasteiger partial charge < -0.3 is 24.7 Å². The normalized spacial score (nSPS) is 16.6. The molecule has 1 aliphatic heterocycles. The fraction of sp³-hybridized carbons (Fsp3) is 0.318. The van der Waals surface area contributed by atoms with Crippen molar-refractivity contribution in [2.75, 3.05) is 32.1 Å². The summed E-state index contributed by atoms with van der Waals surface area (Å²) in [7, 11) is 3.51. The van der Waals surface area contributed by atoms with Crippen molar-refractivity contribution in [1.29, 1.82) is 0 Å². The minimum atomic E-state index is 0. The second-order valence-electron chi connectivity index (χ2n) is 6.92. The van der Waals surface area contributed by atoms with Crippen LogP contribution >= 0.6 is 24.0 Å². The molecule has 6 nitrogen and oxygen atoms in total. The van der Waals surface area contributed by atoms with Crippen LogP contribution in [-0.4, -0.2) is 39.2 Å². The molecule has 1 aliphatic rings. The van der Waals surface area contributed by atoms with E-state index in [1.165, 1.54) is 0 Å². The van der Waals surface area contributed by atoms with Crippen molar-refractivity contribution in [3.8, 4) is 5.75 Å². The van der Waals surface area contributed by atoms with Crippen LogP contribution in [0.25, 0.3) is 11.0 Å². The van der Waals surface area contributed by atoms with Gasteiger partial charge in [-0.05, 0) is 30.7 Å². The molecule has 1 unspecified atom stereocenters. The van der Waals surface area contributed by atoms with Crippen molar-refractivity contribution in [3.05, 3.63) is 60.4 Å². The summed E-state index contributed by atoms with van der Waals surface area (Å²) >= 11 is 0. The number of hydrogen-bond donors (Lipinski definition) is 2. The maximum Gasteiger partial charge on any atom is 0.191 e. The van der Waals surface area contributed by atoms with E-state index in [2.05, 4.69) is 38.7 Å². The first kappa shape index (κ1) is 21.3. The predicted octanol–water partition coefficient (Wildman–Crippen LogP) is 4.00. The van der Waals surface area contributed by atoms with Gasteiger partial charge in [0.1, 0.15) is 17.1 Å². The molecule has 7 heteroatoms. The van der Waals surface area contributed by atoms with Crippen molar-refractivity contribution >= 4 is 46.6 Å². The van der Waals surface area contributed by atoms with Gasteiger partial charge in [0.05, 0.1) is 19.3 Å². The molecular formula is C22H27IN4O2. The maximum absolute atomic E-state index is 5.87. The SMILES string of the molecule is CN=C(NCc1cc2ccccc2o1)NC1CCN(c2ccccc2OC)C1.I. The first-order chi connectivity index (χ1) is 13.8. The number of ether oxygens (including phenoxy) is 1. The molecule has 0 bridgehead atoms. The Morgan fingerprint density at radius 1 is 1.21 bits per heavy atom. The predicted molar refractivity (Wildman–Crippen MR) is 129 cm³/mol. The van der Waals surface area contributed by atoms with Crippen LogP contribution in [0.15, 0.2) is 64.0 Å². The number of benzene rings is 2. The van der Waals surface area contributed by atoms with Crippen molar-refractivity contribution in [1.82, 2.24) is 10.6 Å². The van der Waals surface area contributed by atoms with Crippen LogP contribution < -0.4 is 20.3 Å². The zero-order chi connectivity index (χ0) is 19.3. The number of guanidine groups is 1. The van der Waals surface area contributed by atoms with Gasteiger partial charge in [0.15, 0.2) is 5.96 Å². The molecule has 1 fully saturated rings. The van der Waals surface area contributed by atoms with Crippen LogP contribution in [0.5, 0.6) is 5.75 Å². The lowest BCUT2D eigenvalue weighted by Gasteiger charge is -2.22. The average Bonchev–Trinajstić information content (AvgIpc) is 3.37. The number of rotatable bonds is 5. The van der Waals surface area contributed by atoms with Crippen LogP contribution in [0, 0.1) is 0 Å².